The third-order valence-corrected chi connectivity index (χ3v) is 4.00. The first-order valence-electron chi connectivity index (χ1n) is 7.05. The van der Waals surface area contributed by atoms with Gasteiger partial charge in [0.25, 0.3) is 5.91 Å². The van der Waals surface area contributed by atoms with Gasteiger partial charge in [-0.1, -0.05) is 11.6 Å². The Kier molecular flexibility index (Phi) is 4.24. The van der Waals surface area contributed by atoms with Crippen LogP contribution in [0, 0.1) is 5.95 Å². The average molecular weight is 320 g/mol. The first-order chi connectivity index (χ1) is 10.6. The van der Waals surface area contributed by atoms with E-state index in [4.69, 9.17) is 11.6 Å². The molecule has 6 heteroatoms. The maximum absolute atomic E-state index is 13.6. The van der Waals surface area contributed by atoms with Crippen LogP contribution in [0.15, 0.2) is 42.6 Å². The fraction of sp³-hybridized carbons (Fsp3) is 0.250. The predicted molar refractivity (Wildman–Crippen MR) is 83.8 cm³/mol. The Bertz CT molecular complexity index is 669. The molecule has 1 amide bonds. The Morgan fingerprint density at radius 1 is 1.09 bits per heavy atom. The van der Waals surface area contributed by atoms with Gasteiger partial charge in [-0.15, -0.1) is 0 Å². The number of amides is 1. The molecule has 0 bridgehead atoms. The van der Waals surface area contributed by atoms with Gasteiger partial charge in [0.05, 0.1) is 5.56 Å². The third kappa shape index (κ3) is 3.04. The number of rotatable bonds is 2. The van der Waals surface area contributed by atoms with E-state index in [1.54, 1.807) is 11.0 Å². The van der Waals surface area contributed by atoms with Crippen LogP contribution in [0.4, 0.5) is 10.1 Å². The molecule has 2 heterocycles. The molecular weight excluding hydrogens is 305 g/mol. The van der Waals surface area contributed by atoms with Crippen molar-refractivity contribution in [1.29, 1.82) is 0 Å². The largest absolute Gasteiger partial charge is 0.368 e. The fourth-order valence-electron chi connectivity index (χ4n) is 2.54. The van der Waals surface area contributed by atoms with Crippen molar-refractivity contribution < 1.29 is 9.18 Å². The van der Waals surface area contributed by atoms with E-state index in [2.05, 4.69) is 9.88 Å². The monoisotopic (exact) mass is 319 g/mol. The molecule has 1 saturated heterocycles. The maximum Gasteiger partial charge on any atom is 0.258 e. The van der Waals surface area contributed by atoms with Gasteiger partial charge in [-0.2, -0.15) is 4.39 Å². The van der Waals surface area contributed by atoms with Crippen molar-refractivity contribution in [3.05, 3.63) is 59.1 Å². The van der Waals surface area contributed by atoms with E-state index >= 15 is 0 Å². The minimum absolute atomic E-state index is 0.0300. The van der Waals surface area contributed by atoms with Crippen molar-refractivity contribution in [2.45, 2.75) is 0 Å². The standard InChI is InChI=1S/C16H15ClFN3O/c17-12-3-5-13(6-4-12)20-8-10-21(11-9-20)16(22)14-2-1-7-19-15(14)18/h1-7H,8-11H2. The van der Waals surface area contributed by atoms with Gasteiger partial charge in [-0.25, -0.2) is 4.98 Å². The van der Waals surface area contributed by atoms with Crippen LogP contribution in [0.5, 0.6) is 0 Å². The summed E-state index contributed by atoms with van der Waals surface area (Å²) in [5.74, 6) is -1.02. The molecule has 1 aliphatic heterocycles. The second-order valence-electron chi connectivity index (χ2n) is 5.10. The number of nitrogens with zero attached hydrogens (tertiary/aromatic N) is 3. The molecule has 0 unspecified atom stereocenters. The van der Waals surface area contributed by atoms with Crippen LogP contribution in [0.1, 0.15) is 10.4 Å². The number of hydrogen-bond donors (Lipinski definition) is 0. The van der Waals surface area contributed by atoms with E-state index < -0.39 is 5.95 Å². The molecule has 4 nitrogen and oxygen atoms in total. The summed E-state index contributed by atoms with van der Waals surface area (Å²) in [7, 11) is 0. The van der Waals surface area contributed by atoms with E-state index in [1.165, 1.54) is 12.3 Å². The Morgan fingerprint density at radius 2 is 1.77 bits per heavy atom. The SMILES string of the molecule is O=C(c1cccnc1F)N1CCN(c2ccc(Cl)cc2)CC1. The zero-order valence-electron chi connectivity index (χ0n) is 11.9. The lowest BCUT2D eigenvalue weighted by atomic mass is 10.2. The van der Waals surface area contributed by atoms with Crippen molar-refractivity contribution in [3.63, 3.8) is 0 Å². The first-order valence-corrected chi connectivity index (χ1v) is 7.43. The van der Waals surface area contributed by atoms with Crippen LogP contribution >= 0.6 is 11.6 Å². The molecule has 0 N–H and O–H groups in total. The molecule has 2 aromatic rings. The Morgan fingerprint density at radius 3 is 2.41 bits per heavy atom. The van der Waals surface area contributed by atoms with E-state index in [0.29, 0.717) is 31.2 Å². The number of anilines is 1. The zero-order valence-corrected chi connectivity index (χ0v) is 12.6. The topological polar surface area (TPSA) is 36.4 Å². The summed E-state index contributed by atoms with van der Waals surface area (Å²) in [6.45, 7) is 2.51. The van der Waals surface area contributed by atoms with Crippen molar-refractivity contribution in [1.82, 2.24) is 9.88 Å². The molecule has 1 aromatic heterocycles. The molecule has 1 fully saturated rings. The summed E-state index contributed by atoms with van der Waals surface area (Å²) in [6.07, 6.45) is 1.34. The minimum atomic E-state index is -0.715. The highest BCUT2D eigenvalue weighted by Gasteiger charge is 2.24. The van der Waals surface area contributed by atoms with Crippen LogP contribution in [0.3, 0.4) is 0 Å². The maximum atomic E-state index is 13.6. The predicted octanol–water partition coefficient (Wildman–Crippen LogP) is 2.84. The van der Waals surface area contributed by atoms with Gasteiger partial charge in [0.15, 0.2) is 0 Å². The first kappa shape index (κ1) is 14.8. The molecule has 1 aliphatic rings. The van der Waals surface area contributed by atoms with Crippen molar-refractivity contribution in [3.8, 4) is 0 Å². The molecule has 1 aromatic carbocycles. The third-order valence-electron chi connectivity index (χ3n) is 3.75. The summed E-state index contributed by atoms with van der Waals surface area (Å²) in [4.78, 5) is 19.7. The van der Waals surface area contributed by atoms with Crippen LogP contribution in [-0.2, 0) is 0 Å². The molecule has 22 heavy (non-hydrogen) atoms. The summed E-state index contributed by atoms with van der Waals surface area (Å²) in [5.41, 5.74) is 1.10. The number of benzene rings is 1. The molecule has 3 rings (SSSR count). The number of piperazine rings is 1. The van der Waals surface area contributed by atoms with Gasteiger partial charge < -0.3 is 9.80 Å². The number of carbonyl (C=O) groups is 1. The summed E-state index contributed by atoms with van der Waals surface area (Å²) >= 11 is 5.89. The van der Waals surface area contributed by atoms with Gasteiger partial charge in [-0.05, 0) is 36.4 Å². The lowest BCUT2D eigenvalue weighted by Crippen LogP contribution is -2.49. The summed E-state index contributed by atoms with van der Waals surface area (Å²) in [6, 6.07) is 10.6. The van der Waals surface area contributed by atoms with Crippen molar-refractivity contribution >= 4 is 23.2 Å². The van der Waals surface area contributed by atoms with Crippen LogP contribution in [-0.4, -0.2) is 42.0 Å². The quantitative estimate of drug-likeness (QED) is 0.799. The smallest absolute Gasteiger partial charge is 0.258 e. The molecule has 0 radical (unpaired) electrons. The second-order valence-corrected chi connectivity index (χ2v) is 5.53. The van der Waals surface area contributed by atoms with Crippen molar-refractivity contribution in [2.24, 2.45) is 0 Å². The van der Waals surface area contributed by atoms with Gasteiger partial charge in [0, 0.05) is 43.1 Å². The molecule has 0 atom stereocenters. The van der Waals surface area contributed by atoms with Gasteiger partial charge in [0.1, 0.15) is 0 Å². The molecule has 114 valence electrons. The van der Waals surface area contributed by atoms with E-state index in [-0.39, 0.29) is 11.5 Å². The van der Waals surface area contributed by atoms with Gasteiger partial charge >= 0.3 is 0 Å². The van der Waals surface area contributed by atoms with Gasteiger partial charge in [0.2, 0.25) is 5.95 Å². The summed E-state index contributed by atoms with van der Waals surface area (Å²) in [5, 5.41) is 0.699. The highest BCUT2D eigenvalue weighted by atomic mass is 35.5. The average Bonchev–Trinajstić information content (AvgIpc) is 2.56. The number of aromatic nitrogens is 1. The van der Waals surface area contributed by atoms with Crippen LogP contribution in [0.2, 0.25) is 5.02 Å². The van der Waals surface area contributed by atoms with E-state index in [9.17, 15) is 9.18 Å². The summed E-state index contributed by atoms with van der Waals surface area (Å²) < 4.78 is 13.6. The lowest BCUT2D eigenvalue weighted by molar-refractivity contribution is 0.0741. The normalized spacial score (nSPS) is 15.0. The Balaban J connectivity index is 1.65. The molecule has 0 aliphatic carbocycles. The van der Waals surface area contributed by atoms with Crippen molar-refractivity contribution in [2.75, 3.05) is 31.1 Å². The lowest BCUT2D eigenvalue weighted by Gasteiger charge is -2.36. The number of halogens is 2. The Labute approximate surface area is 133 Å². The minimum Gasteiger partial charge on any atom is -0.368 e. The zero-order chi connectivity index (χ0) is 15.5. The Hall–Kier alpha value is -2.14. The van der Waals surface area contributed by atoms with Crippen LogP contribution in [0.25, 0.3) is 0 Å². The highest BCUT2D eigenvalue weighted by molar-refractivity contribution is 6.30. The molecular formula is C16H15ClFN3O. The van der Waals surface area contributed by atoms with E-state index in [0.717, 1.165) is 5.69 Å². The number of carbonyl (C=O) groups excluding carboxylic acids is 1. The van der Waals surface area contributed by atoms with Gasteiger partial charge in [-0.3, -0.25) is 4.79 Å². The number of hydrogen-bond acceptors (Lipinski definition) is 3. The molecule has 0 spiro atoms. The highest BCUT2D eigenvalue weighted by Crippen LogP contribution is 2.20. The second kappa shape index (κ2) is 6.32. The molecule has 0 saturated carbocycles. The van der Waals surface area contributed by atoms with Crippen LogP contribution < -0.4 is 4.90 Å². The van der Waals surface area contributed by atoms with E-state index in [1.807, 2.05) is 24.3 Å². The fourth-order valence-corrected chi connectivity index (χ4v) is 2.66. The number of pyridine rings is 1.